The number of carbonyl (C=O) groups excluding carboxylic acids is 2. The minimum atomic E-state index is -3.89. The third-order valence-electron chi connectivity index (χ3n) is 6.05. The molecule has 2 unspecified atom stereocenters. The second-order valence-electron chi connectivity index (χ2n) is 8.23. The maximum Gasteiger partial charge on any atom is 0.283 e. The number of rotatable bonds is 4. The molecule has 0 radical (unpaired) electrons. The Hall–Kier alpha value is -2.13. The molecule has 0 aliphatic carbocycles. The van der Waals surface area contributed by atoms with Crippen LogP contribution in [0.5, 0.6) is 0 Å². The molecule has 10 nitrogen and oxygen atoms in total. The van der Waals surface area contributed by atoms with Gasteiger partial charge in [0, 0.05) is 54.2 Å². The van der Waals surface area contributed by atoms with Gasteiger partial charge in [-0.15, -0.1) is 22.7 Å². The van der Waals surface area contributed by atoms with Crippen molar-refractivity contribution in [1.82, 2.24) is 24.8 Å². The van der Waals surface area contributed by atoms with E-state index in [1.165, 1.54) is 27.6 Å². The first-order valence-corrected chi connectivity index (χ1v) is 14.2. The average Bonchev–Trinajstić information content (AvgIpc) is 3.46. The maximum atomic E-state index is 13.4. The van der Waals surface area contributed by atoms with Gasteiger partial charge < -0.3 is 15.3 Å². The Kier molecular flexibility index (Phi) is 6.59. The lowest BCUT2D eigenvalue weighted by Gasteiger charge is -2.39. The fourth-order valence-electron chi connectivity index (χ4n) is 4.21. The Labute approximate surface area is 214 Å². The van der Waals surface area contributed by atoms with Crippen molar-refractivity contribution in [1.29, 1.82) is 0 Å². The number of aliphatic hydroxyl groups excluding tert-OH is 1. The van der Waals surface area contributed by atoms with Gasteiger partial charge in [0.15, 0.2) is 5.01 Å². The molecule has 0 saturated carbocycles. The number of thiazole rings is 1. The van der Waals surface area contributed by atoms with Crippen LogP contribution in [0.3, 0.4) is 0 Å². The Morgan fingerprint density at radius 2 is 2.06 bits per heavy atom. The molecule has 0 bridgehead atoms. The zero-order valence-corrected chi connectivity index (χ0v) is 21.7. The number of nitrogens with zero attached hydrogens (tertiary/aromatic N) is 3. The number of amides is 2. The van der Waals surface area contributed by atoms with Gasteiger partial charge in [0.1, 0.15) is 16.5 Å². The SMILES string of the molecule is CNC(=O)C1CN(S(=O)(=O)c2cc3ccc(Cl)cc3s2)CCN1C(=O)c1nc2c(s1)CNC(O)C2. The first-order valence-electron chi connectivity index (χ1n) is 10.8. The molecule has 1 saturated heterocycles. The van der Waals surface area contributed by atoms with E-state index in [0.717, 1.165) is 26.3 Å². The van der Waals surface area contributed by atoms with E-state index in [9.17, 15) is 23.1 Å². The minimum absolute atomic E-state index is 0.0397. The van der Waals surface area contributed by atoms with Crippen LogP contribution in [0.15, 0.2) is 28.5 Å². The molecular weight excluding hydrogens is 534 g/mol. The van der Waals surface area contributed by atoms with Gasteiger partial charge in [-0.3, -0.25) is 14.9 Å². The lowest BCUT2D eigenvalue weighted by molar-refractivity contribution is -0.126. The molecule has 3 N–H and O–H groups in total. The first kappa shape index (κ1) is 24.6. The van der Waals surface area contributed by atoms with E-state index < -0.39 is 34.1 Å². The van der Waals surface area contributed by atoms with Crippen LogP contribution < -0.4 is 10.6 Å². The number of hydrogen-bond acceptors (Lipinski definition) is 9. The van der Waals surface area contributed by atoms with Crippen molar-refractivity contribution in [3.05, 3.63) is 44.9 Å². The Morgan fingerprint density at radius 3 is 2.83 bits per heavy atom. The largest absolute Gasteiger partial charge is 0.378 e. The number of fused-ring (bicyclic) bond motifs is 2. The van der Waals surface area contributed by atoms with Crippen molar-refractivity contribution >= 4 is 66.2 Å². The van der Waals surface area contributed by atoms with Gasteiger partial charge in [0.25, 0.3) is 15.9 Å². The molecule has 4 heterocycles. The quantitative estimate of drug-likeness (QED) is 0.441. The highest BCUT2D eigenvalue weighted by atomic mass is 35.5. The number of piperazine rings is 1. The molecule has 14 heteroatoms. The van der Waals surface area contributed by atoms with Crippen LogP contribution >= 0.6 is 34.3 Å². The lowest BCUT2D eigenvalue weighted by atomic mass is 10.1. The summed E-state index contributed by atoms with van der Waals surface area (Å²) in [7, 11) is -2.44. The van der Waals surface area contributed by atoms with Gasteiger partial charge in [-0.1, -0.05) is 17.7 Å². The molecule has 2 aliphatic heterocycles. The molecule has 2 atom stereocenters. The smallest absolute Gasteiger partial charge is 0.283 e. The fourth-order valence-corrected chi connectivity index (χ4v) is 8.47. The highest BCUT2D eigenvalue weighted by molar-refractivity contribution is 7.91. The number of aromatic nitrogens is 1. The summed E-state index contributed by atoms with van der Waals surface area (Å²) in [4.78, 5) is 32.7. The van der Waals surface area contributed by atoms with E-state index in [-0.39, 0.29) is 28.9 Å². The first-order chi connectivity index (χ1) is 16.7. The summed E-state index contributed by atoms with van der Waals surface area (Å²) in [6.45, 7) is 0.320. The zero-order valence-electron chi connectivity index (χ0n) is 18.5. The summed E-state index contributed by atoms with van der Waals surface area (Å²) in [6, 6.07) is 5.77. The predicted octanol–water partition coefficient (Wildman–Crippen LogP) is 1.24. The number of aliphatic hydroxyl groups is 1. The average molecular weight is 556 g/mol. The molecule has 3 aromatic rings. The Morgan fingerprint density at radius 1 is 1.26 bits per heavy atom. The van der Waals surface area contributed by atoms with Crippen molar-refractivity contribution in [2.24, 2.45) is 0 Å². The molecule has 35 heavy (non-hydrogen) atoms. The maximum absolute atomic E-state index is 13.4. The summed E-state index contributed by atoms with van der Waals surface area (Å²) in [5, 5.41) is 16.8. The van der Waals surface area contributed by atoms with E-state index in [1.807, 2.05) is 0 Å². The monoisotopic (exact) mass is 555 g/mol. The number of likely N-dealkylation sites (N-methyl/N-ethyl adjacent to an activating group) is 1. The van der Waals surface area contributed by atoms with Crippen LogP contribution in [0.25, 0.3) is 10.1 Å². The van der Waals surface area contributed by atoms with Crippen LogP contribution in [0.2, 0.25) is 5.02 Å². The molecule has 2 aliphatic rings. The molecular formula is C21H22ClN5O5S3. The van der Waals surface area contributed by atoms with E-state index in [0.29, 0.717) is 23.7 Å². The van der Waals surface area contributed by atoms with Crippen molar-refractivity contribution in [3.63, 3.8) is 0 Å². The lowest BCUT2D eigenvalue weighted by Crippen LogP contribution is -2.61. The topological polar surface area (TPSA) is 132 Å². The fraction of sp³-hybridized carbons (Fsp3) is 0.381. The normalized spacial score (nSPS) is 21.2. The number of hydrogen-bond donors (Lipinski definition) is 3. The zero-order chi connectivity index (χ0) is 24.9. The molecule has 5 rings (SSSR count). The third-order valence-corrected chi connectivity index (χ3v) is 10.8. The summed E-state index contributed by atoms with van der Waals surface area (Å²) < 4.78 is 29.0. The highest BCUT2D eigenvalue weighted by Gasteiger charge is 2.41. The number of nitrogens with one attached hydrogen (secondary N) is 2. The summed E-state index contributed by atoms with van der Waals surface area (Å²) >= 11 is 8.38. The molecule has 0 spiro atoms. The van der Waals surface area contributed by atoms with Crippen molar-refractivity contribution in [3.8, 4) is 0 Å². The van der Waals surface area contributed by atoms with Gasteiger partial charge in [0.05, 0.1) is 5.69 Å². The van der Waals surface area contributed by atoms with Crippen LogP contribution in [-0.2, 0) is 27.8 Å². The van der Waals surface area contributed by atoms with Crippen LogP contribution in [0.4, 0.5) is 0 Å². The van der Waals surface area contributed by atoms with E-state index in [4.69, 9.17) is 11.6 Å². The highest BCUT2D eigenvalue weighted by Crippen LogP contribution is 2.34. The van der Waals surface area contributed by atoms with Gasteiger partial charge in [0.2, 0.25) is 5.91 Å². The number of carbonyl (C=O) groups is 2. The summed E-state index contributed by atoms with van der Waals surface area (Å²) in [5.41, 5.74) is 0.659. The number of sulfonamides is 1. The van der Waals surface area contributed by atoms with Crippen LogP contribution in [0, 0.1) is 0 Å². The van der Waals surface area contributed by atoms with Crippen LogP contribution in [-0.4, -0.2) is 78.5 Å². The van der Waals surface area contributed by atoms with Gasteiger partial charge >= 0.3 is 0 Å². The molecule has 2 aromatic heterocycles. The van der Waals surface area contributed by atoms with E-state index in [1.54, 1.807) is 24.3 Å². The number of halogens is 1. The molecule has 186 valence electrons. The van der Waals surface area contributed by atoms with Crippen LogP contribution in [0.1, 0.15) is 20.4 Å². The minimum Gasteiger partial charge on any atom is -0.378 e. The van der Waals surface area contributed by atoms with Crippen molar-refractivity contribution < 1.29 is 23.1 Å². The van der Waals surface area contributed by atoms with Gasteiger partial charge in [-0.25, -0.2) is 13.4 Å². The van der Waals surface area contributed by atoms with E-state index >= 15 is 0 Å². The second kappa shape index (κ2) is 9.39. The standard InChI is InChI=1S/C21H22ClN5O5S3/c1-23-19(29)14-10-26(35(31,32)18-6-11-2-3-12(22)7-15(11)33-18)4-5-27(14)21(30)20-25-13-8-17(28)24-9-16(13)34-20/h2-3,6-7,14,17,24,28H,4-5,8-10H2,1H3,(H,23,29). The number of thiophene rings is 1. The molecule has 1 aromatic carbocycles. The van der Waals surface area contributed by atoms with Crippen molar-refractivity contribution in [2.45, 2.75) is 29.4 Å². The summed E-state index contributed by atoms with van der Waals surface area (Å²) in [5.74, 6) is -0.888. The van der Waals surface area contributed by atoms with E-state index in [2.05, 4.69) is 15.6 Å². The molecule has 1 fully saturated rings. The predicted molar refractivity (Wildman–Crippen MR) is 133 cm³/mol. The van der Waals surface area contributed by atoms with Gasteiger partial charge in [-0.05, 0) is 23.6 Å². The Bertz CT molecular complexity index is 1420. The Balaban J connectivity index is 1.40. The molecule has 2 amide bonds. The van der Waals surface area contributed by atoms with Gasteiger partial charge in [-0.2, -0.15) is 4.31 Å². The third kappa shape index (κ3) is 4.57. The second-order valence-corrected chi connectivity index (χ2v) is 13.0. The number of benzene rings is 1. The summed E-state index contributed by atoms with van der Waals surface area (Å²) in [6.07, 6.45) is -0.422. The van der Waals surface area contributed by atoms with Crippen molar-refractivity contribution in [2.75, 3.05) is 26.7 Å².